The number of thiazole rings is 1. The summed E-state index contributed by atoms with van der Waals surface area (Å²) in [6, 6.07) is 4.78. The molecule has 2 rings (SSSR count). The minimum atomic E-state index is 0.437. The van der Waals surface area contributed by atoms with Crippen molar-refractivity contribution in [3.8, 4) is 0 Å². The van der Waals surface area contributed by atoms with Gasteiger partial charge in [-0.15, -0.1) is 22.7 Å². The van der Waals surface area contributed by atoms with Crippen LogP contribution in [0, 0.1) is 19.8 Å². The van der Waals surface area contributed by atoms with Gasteiger partial charge in [0.15, 0.2) is 0 Å². The Morgan fingerprint density at radius 3 is 2.61 bits per heavy atom. The lowest BCUT2D eigenvalue weighted by molar-refractivity contribution is 0.417. The second-order valence-electron chi connectivity index (χ2n) is 4.86. The number of rotatable bonds is 5. The zero-order chi connectivity index (χ0) is 13.1. The van der Waals surface area contributed by atoms with Crippen molar-refractivity contribution in [2.75, 3.05) is 0 Å². The molecule has 0 aliphatic carbocycles. The van der Waals surface area contributed by atoms with E-state index in [0.717, 1.165) is 11.6 Å². The molecule has 1 N–H and O–H groups in total. The quantitative estimate of drug-likeness (QED) is 0.883. The summed E-state index contributed by atoms with van der Waals surface area (Å²) in [7, 11) is 0. The van der Waals surface area contributed by atoms with Gasteiger partial charge in [-0.1, -0.05) is 19.9 Å². The number of nitrogens with zero attached hydrogens (tertiary/aromatic N) is 1. The summed E-state index contributed by atoms with van der Waals surface area (Å²) in [5, 5.41) is 6.97. The topological polar surface area (TPSA) is 24.9 Å². The van der Waals surface area contributed by atoms with Crippen molar-refractivity contribution >= 4 is 22.7 Å². The van der Waals surface area contributed by atoms with Gasteiger partial charge in [-0.3, -0.25) is 0 Å². The Balaban J connectivity index is 2.05. The van der Waals surface area contributed by atoms with Gasteiger partial charge in [0.1, 0.15) is 0 Å². The number of thiophene rings is 1. The van der Waals surface area contributed by atoms with E-state index in [2.05, 4.69) is 55.5 Å². The second kappa shape index (κ2) is 5.95. The number of aryl methyl sites for hydroxylation is 2. The van der Waals surface area contributed by atoms with E-state index >= 15 is 0 Å². The van der Waals surface area contributed by atoms with Crippen LogP contribution in [-0.4, -0.2) is 4.98 Å². The maximum absolute atomic E-state index is 4.48. The molecule has 0 saturated heterocycles. The standard InChI is InChI=1S/C14H20N2S2/c1-9(2)14(12-6-5-7-17-12)15-8-13-10(3)16-11(4)18-13/h5-7,9,14-15H,8H2,1-4H3. The van der Waals surface area contributed by atoms with Crippen LogP contribution in [0.1, 0.15) is 40.3 Å². The highest BCUT2D eigenvalue weighted by molar-refractivity contribution is 7.11. The van der Waals surface area contributed by atoms with E-state index in [1.807, 2.05) is 11.3 Å². The lowest BCUT2D eigenvalue weighted by atomic mass is 10.0. The van der Waals surface area contributed by atoms with Crippen molar-refractivity contribution in [2.45, 2.75) is 40.3 Å². The molecule has 0 aromatic carbocycles. The van der Waals surface area contributed by atoms with Crippen LogP contribution in [0.15, 0.2) is 17.5 Å². The van der Waals surface area contributed by atoms with Crippen molar-refractivity contribution in [3.05, 3.63) is 38.0 Å². The molecule has 0 bridgehead atoms. The first-order chi connectivity index (χ1) is 8.58. The third-order valence-electron chi connectivity index (χ3n) is 3.00. The van der Waals surface area contributed by atoms with Gasteiger partial charge in [-0.05, 0) is 31.2 Å². The Morgan fingerprint density at radius 2 is 2.11 bits per heavy atom. The predicted octanol–water partition coefficient (Wildman–Crippen LogP) is 4.31. The molecule has 0 aliphatic rings. The van der Waals surface area contributed by atoms with E-state index in [0.29, 0.717) is 12.0 Å². The van der Waals surface area contributed by atoms with Crippen molar-refractivity contribution in [1.82, 2.24) is 10.3 Å². The monoisotopic (exact) mass is 280 g/mol. The first-order valence-corrected chi connectivity index (χ1v) is 7.97. The fourth-order valence-corrected chi connectivity index (χ4v) is 3.93. The molecule has 1 unspecified atom stereocenters. The van der Waals surface area contributed by atoms with Crippen LogP contribution in [-0.2, 0) is 6.54 Å². The SMILES string of the molecule is Cc1nc(C)c(CNC(c2cccs2)C(C)C)s1. The van der Waals surface area contributed by atoms with Gasteiger partial charge in [0.2, 0.25) is 0 Å². The first kappa shape index (κ1) is 13.7. The van der Waals surface area contributed by atoms with Crippen LogP contribution in [0.25, 0.3) is 0 Å². The maximum atomic E-state index is 4.48. The molecule has 2 aromatic rings. The van der Waals surface area contributed by atoms with Crippen LogP contribution in [0.4, 0.5) is 0 Å². The van der Waals surface area contributed by atoms with Gasteiger partial charge in [0, 0.05) is 22.3 Å². The van der Waals surface area contributed by atoms with E-state index in [9.17, 15) is 0 Å². The van der Waals surface area contributed by atoms with E-state index in [1.54, 1.807) is 11.3 Å². The molecule has 18 heavy (non-hydrogen) atoms. The molecule has 0 saturated carbocycles. The van der Waals surface area contributed by atoms with Crippen molar-refractivity contribution < 1.29 is 0 Å². The highest BCUT2D eigenvalue weighted by Crippen LogP contribution is 2.27. The molecule has 2 nitrogen and oxygen atoms in total. The van der Waals surface area contributed by atoms with Gasteiger partial charge >= 0.3 is 0 Å². The maximum Gasteiger partial charge on any atom is 0.0900 e. The van der Waals surface area contributed by atoms with E-state index in [-0.39, 0.29) is 0 Å². The Kier molecular flexibility index (Phi) is 4.54. The molecule has 0 amide bonds. The Labute approximate surface area is 117 Å². The average molecular weight is 280 g/mol. The molecule has 2 aromatic heterocycles. The molecule has 2 heterocycles. The van der Waals surface area contributed by atoms with Crippen molar-refractivity contribution in [3.63, 3.8) is 0 Å². The molecule has 4 heteroatoms. The molecular weight excluding hydrogens is 260 g/mol. The van der Waals surface area contributed by atoms with E-state index in [4.69, 9.17) is 0 Å². The number of hydrogen-bond acceptors (Lipinski definition) is 4. The third-order valence-corrected chi connectivity index (χ3v) is 5.03. The molecule has 1 atom stereocenters. The number of nitrogens with one attached hydrogen (secondary N) is 1. The predicted molar refractivity (Wildman–Crippen MR) is 80.3 cm³/mol. The third kappa shape index (κ3) is 3.19. The lowest BCUT2D eigenvalue weighted by Gasteiger charge is -2.21. The second-order valence-corrected chi connectivity index (χ2v) is 7.13. The summed E-state index contributed by atoms with van der Waals surface area (Å²) in [5.74, 6) is 0.595. The summed E-state index contributed by atoms with van der Waals surface area (Å²) < 4.78 is 0. The van der Waals surface area contributed by atoms with Gasteiger partial charge in [0.25, 0.3) is 0 Å². The average Bonchev–Trinajstić information content (AvgIpc) is 2.89. The van der Waals surface area contributed by atoms with Crippen LogP contribution < -0.4 is 5.32 Å². The highest BCUT2D eigenvalue weighted by atomic mass is 32.1. The Bertz CT molecular complexity index is 486. The minimum Gasteiger partial charge on any atom is -0.304 e. The van der Waals surface area contributed by atoms with E-state index in [1.165, 1.54) is 15.4 Å². The summed E-state index contributed by atoms with van der Waals surface area (Å²) in [6.45, 7) is 9.61. The van der Waals surface area contributed by atoms with Crippen molar-refractivity contribution in [1.29, 1.82) is 0 Å². The summed E-state index contributed by atoms with van der Waals surface area (Å²) >= 11 is 3.62. The van der Waals surface area contributed by atoms with Crippen LogP contribution >= 0.6 is 22.7 Å². The normalized spacial score (nSPS) is 13.2. The van der Waals surface area contributed by atoms with Gasteiger partial charge in [0.05, 0.1) is 10.7 Å². The van der Waals surface area contributed by atoms with Crippen LogP contribution in [0.2, 0.25) is 0 Å². The highest BCUT2D eigenvalue weighted by Gasteiger charge is 2.17. The first-order valence-electron chi connectivity index (χ1n) is 6.27. The fourth-order valence-electron chi connectivity index (χ4n) is 2.07. The lowest BCUT2D eigenvalue weighted by Crippen LogP contribution is -2.24. The molecule has 0 aliphatic heterocycles. The Morgan fingerprint density at radius 1 is 1.33 bits per heavy atom. The van der Waals surface area contributed by atoms with Crippen molar-refractivity contribution in [2.24, 2.45) is 5.92 Å². The van der Waals surface area contributed by atoms with E-state index < -0.39 is 0 Å². The zero-order valence-corrected chi connectivity index (χ0v) is 13.0. The van der Waals surface area contributed by atoms with Gasteiger partial charge in [-0.2, -0.15) is 0 Å². The number of hydrogen-bond donors (Lipinski definition) is 1. The zero-order valence-electron chi connectivity index (χ0n) is 11.4. The molecule has 0 spiro atoms. The fraction of sp³-hybridized carbons (Fsp3) is 0.500. The smallest absolute Gasteiger partial charge is 0.0900 e. The van der Waals surface area contributed by atoms with Crippen LogP contribution in [0.5, 0.6) is 0 Å². The van der Waals surface area contributed by atoms with Crippen LogP contribution in [0.3, 0.4) is 0 Å². The van der Waals surface area contributed by atoms with Gasteiger partial charge < -0.3 is 5.32 Å². The largest absolute Gasteiger partial charge is 0.304 e. The summed E-state index contributed by atoms with van der Waals surface area (Å²) in [4.78, 5) is 7.25. The molecular formula is C14H20N2S2. The van der Waals surface area contributed by atoms with Gasteiger partial charge in [-0.25, -0.2) is 4.98 Å². The molecule has 0 fully saturated rings. The number of aromatic nitrogens is 1. The Hall–Kier alpha value is -0.710. The minimum absolute atomic E-state index is 0.437. The summed E-state index contributed by atoms with van der Waals surface area (Å²) in [5.41, 5.74) is 1.17. The molecule has 0 radical (unpaired) electrons. The molecule has 98 valence electrons. The summed E-state index contributed by atoms with van der Waals surface area (Å²) in [6.07, 6.45) is 0.